The topological polar surface area (TPSA) is 30.5 Å². The van der Waals surface area contributed by atoms with Gasteiger partial charge in [0, 0.05) is 6.04 Å². The van der Waals surface area contributed by atoms with Gasteiger partial charge in [0.15, 0.2) is 0 Å². The lowest BCUT2D eigenvalue weighted by molar-refractivity contribution is -0.178. The van der Waals surface area contributed by atoms with E-state index in [1.54, 1.807) is 0 Å². The van der Waals surface area contributed by atoms with Crippen molar-refractivity contribution in [2.75, 3.05) is 20.3 Å². The zero-order valence-corrected chi connectivity index (χ0v) is 10.0. The van der Waals surface area contributed by atoms with E-state index in [2.05, 4.69) is 19.2 Å². The molecule has 1 aliphatic carbocycles. The number of hydrogen-bond donors (Lipinski definition) is 1. The average molecular weight is 213 g/mol. The SMILES string of the molecule is CNC1CC(C)CC(C)C1OC1COC1. The molecule has 4 unspecified atom stereocenters. The number of rotatable bonds is 3. The van der Waals surface area contributed by atoms with Crippen molar-refractivity contribution in [1.82, 2.24) is 5.32 Å². The van der Waals surface area contributed by atoms with Gasteiger partial charge in [-0.1, -0.05) is 13.8 Å². The van der Waals surface area contributed by atoms with Gasteiger partial charge in [-0.3, -0.25) is 0 Å². The van der Waals surface area contributed by atoms with Gasteiger partial charge in [0.1, 0.15) is 6.10 Å². The van der Waals surface area contributed by atoms with Crippen molar-refractivity contribution in [3.63, 3.8) is 0 Å². The molecule has 0 spiro atoms. The predicted octanol–water partition coefficient (Wildman–Crippen LogP) is 1.42. The maximum Gasteiger partial charge on any atom is 0.105 e. The van der Waals surface area contributed by atoms with Crippen LogP contribution in [0.4, 0.5) is 0 Å². The van der Waals surface area contributed by atoms with Crippen LogP contribution in [0.25, 0.3) is 0 Å². The quantitative estimate of drug-likeness (QED) is 0.769. The monoisotopic (exact) mass is 213 g/mol. The van der Waals surface area contributed by atoms with Gasteiger partial charge in [0.05, 0.1) is 19.3 Å². The van der Waals surface area contributed by atoms with Gasteiger partial charge in [-0.05, 0) is 31.7 Å². The van der Waals surface area contributed by atoms with Crippen molar-refractivity contribution in [2.45, 2.75) is 44.9 Å². The Morgan fingerprint density at radius 1 is 1.20 bits per heavy atom. The summed E-state index contributed by atoms with van der Waals surface area (Å²) in [5.41, 5.74) is 0. The molecule has 2 rings (SSSR count). The van der Waals surface area contributed by atoms with E-state index < -0.39 is 0 Å². The third-order valence-corrected chi connectivity index (χ3v) is 3.72. The first-order valence-electron chi connectivity index (χ1n) is 6.11. The molecule has 0 aromatic rings. The molecule has 0 bridgehead atoms. The summed E-state index contributed by atoms with van der Waals surface area (Å²) in [5, 5.41) is 3.40. The lowest BCUT2D eigenvalue weighted by Crippen LogP contribution is -2.52. The van der Waals surface area contributed by atoms with Crippen LogP contribution in [0.5, 0.6) is 0 Å². The zero-order chi connectivity index (χ0) is 10.8. The van der Waals surface area contributed by atoms with E-state index in [1.807, 2.05) is 7.05 Å². The molecule has 0 amide bonds. The number of ether oxygens (including phenoxy) is 2. The molecule has 0 aromatic carbocycles. The number of likely N-dealkylation sites (N-methyl/N-ethyl adjacent to an activating group) is 1. The van der Waals surface area contributed by atoms with Crippen LogP contribution in [0.3, 0.4) is 0 Å². The van der Waals surface area contributed by atoms with Crippen LogP contribution >= 0.6 is 0 Å². The van der Waals surface area contributed by atoms with Crippen LogP contribution in [0, 0.1) is 11.8 Å². The smallest absolute Gasteiger partial charge is 0.105 e. The van der Waals surface area contributed by atoms with Crippen LogP contribution in [-0.4, -0.2) is 38.5 Å². The van der Waals surface area contributed by atoms with E-state index in [4.69, 9.17) is 9.47 Å². The molecule has 1 saturated carbocycles. The highest BCUT2D eigenvalue weighted by atomic mass is 16.6. The lowest BCUT2D eigenvalue weighted by Gasteiger charge is -2.42. The second-order valence-electron chi connectivity index (χ2n) is 5.21. The van der Waals surface area contributed by atoms with E-state index in [9.17, 15) is 0 Å². The Balaban J connectivity index is 1.92. The highest BCUT2D eigenvalue weighted by Crippen LogP contribution is 2.32. The summed E-state index contributed by atoms with van der Waals surface area (Å²) in [6, 6.07) is 0.518. The van der Waals surface area contributed by atoms with E-state index in [1.165, 1.54) is 12.8 Å². The van der Waals surface area contributed by atoms with Crippen molar-refractivity contribution in [3.8, 4) is 0 Å². The average Bonchev–Trinajstić information content (AvgIpc) is 2.12. The second kappa shape index (κ2) is 4.81. The summed E-state index contributed by atoms with van der Waals surface area (Å²) in [4.78, 5) is 0. The fourth-order valence-electron chi connectivity index (χ4n) is 2.86. The van der Waals surface area contributed by atoms with Crippen LogP contribution in [0.2, 0.25) is 0 Å². The third kappa shape index (κ3) is 2.52. The van der Waals surface area contributed by atoms with E-state index >= 15 is 0 Å². The molecular weight excluding hydrogens is 190 g/mol. The first-order valence-corrected chi connectivity index (χ1v) is 6.11. The van der Waals surface area contributed by atoms with Crippen molar-refractivity contribution >= 4 is 0 Å². The van der Waals surface area contributed by atoms with Crippen LogP contribution in [0.15, 0.2) is 0 Å². The molecular formula is C12H23NO2. The molecule has 1 aliphatic heterocycles. The van der Waals surface area contributed by atoms with Gasteiger partial charge < -0.3 is 14.8 Å². The summed E-state index contributed by atoms with van der Waals surface area (Å²) in [6.07, 6.45) is 3.25. The van der Waals surface area contributed by atoms with Crippen molar-refractivity contribution < 1.29 is 9.47 Å². The Labute approximate surface area is 92.5 Å². The normalized spacial score (nSPS) is 42.6. The molecule has 1 N–H and O–H groups in total. The third-order valence-electron chi connectivity index (χ3n) is 3.72. The Hall–Kier alpha value is -0.120. The van der Waals surface area contributed by atoms with Crippen molar-refractivity contribution in [2.24, 2.45) is 11.8 Å². The molecule has 1 heterocycles. The first-order chi connectivity index (χ1) is 7.20. The highest BCUT2D eigenvalue weighted by Gasteiger charge is 2.36. The first kappa shape index (κ1) is 11.4. The van der Waals surface area contributed by atoms with Gasteiger partial charge in [-0.15, -0.1) is 0 Å². The Bertz CT molecular complexity index is 206. The van der Waals surface area contributed by atoms with E-state index in [-0.39, 0.29) is 0 Å². The van der Waals surface area contributed by atoms with E-state index in [0.29, 0.717) is 24.2 Å². The number of nitrogens with one attached hydrogen (secondary N) is 1. The second-order valence-corrected chi connectivity index (χ2v) is 5.21. The Kier molecular flexibility index (Phi) is 3.65. The van der Waals surface area contributed by atoms with Gasteiger partial charge in [0.2, 0.25) is 0 Å². The van der Waals surface area contributed by atoms with Crippen molar-refractivity contribution in [1.29, 1.82) is 0 Å². The Morgan fingerprint density at radius 3 is 2.47 bits per heavy atom. The van der Waals surface area contributed by atoms with Crippen molar-refractivity contribution in [3.05, 3.63) is 0 Å². The van der Waals surface area contributed by atoms with Gasteiger partial charge in [0.25, 0.3) is 0 Å². The Morgan fingerprint density at radius 2 is 1.93 bits per heavy atom. The molecule has 88 valence electrons. The molecule has 3 heteroatoms. The van der Waals surface area contributed by atoms with Gasteiger partial charge >= 0.3 is 0 Å². The minimum absolute atomic E-state index is 0.349. The molecule has 15 heavy (non-hydrogen) atoms. The fourth-order valence-corrected chi connectivity index (χ4v) is 2.86. The molecule has 1 saturated heterocycles. The summed E-state index contributed by atoms with van der Waals surface area (Å²) in [6.45, 7) is 6.22. The summed E-state index contributed by atoms with van der Waals surface area (Å²) >= 11 is 0. The number of hydrogen-bond acceptors (Lipinski definition) is 3. The van der Waals surface area contributed by atoms with Crippen LogP contribution < -0.4 is 5.32 Å². The highest BCUT2D eigenvalue weighted by molar-refractivity contribution is 4.89. The maximum atomic E-state index is 6.10. The largest absolute Gasteiger partial charge is 0.376 e. The van der Waals surface area contributed by atoms with Gasteiger partial charge in [-0.25, -0.2) is 0 Å². The molecule has 4 atom stereocenters. The molecule has 0 radical (unpaired) electrons. The fraction of sp³-hybridized carbons (Fsp3) is 1.00. The minimum atomic E-state index is 0.349. The minimum Gasteiger partial charge on any atom is -0.376 e. The molecule has 2 aliphatic rings. The summed E-state index contributed by atoms with van der Waals surface area (Å²) in [7, 11) is 2.04. The van der Waals surface area contributed by atoms with Crippen LogP contribution in [0.1, 0.15) is 26.7 Å². The maximum absolute atomic E-state index is 6.10. The summed E-state index contributed by atoms with van der Waals surface area (Å²) < 4.78 is 11.3. The van der Waals surface area contributed by atoms with E-state index in [0.717, 1.165) is 19.1 Å². The molecule has 2 fully saturated rings. The molecule has 3 nitrogen and oxygen atoms in total. The van der Waals surface area contributed by atoms with Gasteiger partial charge in [-0.2, -0.15) is 0 Å². The molecule has 0 aromatic heterocycles. The predicted molar refractivity (Wildman–Crippen MR) is 59.9 cm³/mol. The zero-order valence-electron chi connectivity index (χ0n) is 10.0. The lowest BCUT2D eigenvalue weighted by atomic mass is 9.78. The standard InChI is InChI=1S/C12H23NO2/c1-8-4-9(2)12(11(5-8)13-3)15-10-6-14-7-10/h8-13H,4-7H2,1-3H3. The summed E-state index contributed by atoms with van der Waals surface area (Å²) in [5.74, 6) is 1.47. The van der Waals surface area contributed by atoms with Crippen LogP contribution in [-0.2, 0) is 9.47 Å².